The van der Waals surface area contributed by atoms with Gasteiger partial charge in [0.1, 0.15) is 5.69 Å². The lowest BCUT2D eigenvalue weighted by molar-refractivity contribution is 0.0185. The summed E-state index contributed by atoms with van der Waals surface area (Å²) in [6.07, 6.45) is 0.711. The Labute approximate surface area is 75.8 Å². The molecule has 0 radical (unpaired) electrons. The summed E-state index contributed by atoms with van der Waals surface area (Å²) < 4.78 is 0. The highest BCUT2D eigenvalue weighted by molar-refractivity contribution is 5.98. The number of amides is 1. The van der Waals surface area contributed by atoms with Crippen LogP contribution >= 0.6 is 0 Å². The zero-order valence-electron chi connectivity index (χ0n) is 7.27. The van der Waals surface area contributed by atoms with Gasteiger partial charge < -0.3 is 10.0 Å². The van der Waals surface area contributed by atoms with Gasteiger partial charge in [-0.1, -0.05) is 0 Å². The molecule has 0 spiro atoms. The van der Waals surface area contributed by atoms with Crippen LogP contribution in [-0.2, 0) is 0 Å². The van der Waals surface area contributed by atoms with E-state index >= 15 is 0 Å². The molecule has 4 heteroatoms. The van der Waals surface area contributed by atoms with Crippen molar-refractivity contribution in [3.8, 4) is 0 Å². The fraction of sp³-hybridized carbons (Fsp3) is 0.333. The molecule has 13 heavy (non-hydrogen) atoms. The largest absolute Gasteiger partial charge is 0.368 e. The van der Waals surface area contributed by atoms with Crippen LogP contribution in [0.1, 0.15) is 29.2 Å². The Hall–Kier alpha value is -1.42. The van der Waals surface area contributed by atoms with Crippen molar-refractivity contribution < 1.29 is 9.90 Å². The molecular weight excluding hydrogens is 168 g/mol. The Morgan fingerprint density at radius 2 is 2.46 bits per heavy atom. The van der Waals surface area contributed by atoms with Crippen LogP contribution in [0.15, 0.2) is 18.3 Å². The number of rotatable bonds is 1. The first-order chi connectivity index (χ1) is 6.25. The maximum atomic E-state index is 11.6. The zero-order valence-corrected chi connectivity index (χ0v) is 7.27. The number of carbonyl (C=O) groups excluding carboxylic acids is 1. The van der Waals surface area contributed by atoms with Gasteiger partial charge in [0, 0.05) is 12.7 Å². The van der Waals surface area contributed by atoms with E-state index < -0.39 is 6.23 Å². The molecule has 1 unspecified atom stereocenters. The maximum Gasteiger partial charge on any atom is 0.258 e. The number of aliphatic hydroxyl groups excluding tert-OH is 1. The van der Waals surface area contributed by atoms with Crippen LogP contribution in [0, 0.1) is 0 Å². The third kappa shape index (κ3) is 1.02. The number of aliphatic hydroxyl groups is 1. The van der Waals surface area contributed by atoms with Gasteiger partial charge in [0.2, 0.25) is 0 Å². The van der Waals surface area contributed by atoms with Crippen molar-refractivity contribution in [3.05, 3.63) is 29.6 Å². The monoisotopic (exact) mass is 178 g/mol. The second-order valence-corrected chi connectivity index (χ2v) is 2.90. The quantitative estimate of drug-likeness (QED) is 0.683. The van der Waals surface area contributed by atoms with E-state index in [0.717, 1.165) is 0 Å². The number of aromatic nitrogens is 1. The Morgan fingerprint density at radius 1 is 1.69 bits per heavy atom. The van der Waals surface area contributed by atoms with Gasteiger partial charge in [0.15, 0.2) is 6.23 Å². The predicted molar refractivity (Wildman–Crippen MR) is 45.9 cm³/mol. The Bertz CT molecular complexity index is 351. The molecule has 1 aliphatic rings. The first-order valence-electron chi connectivity index (χ1n) is 4.19. The molecule has 1 N–H and O–H groups in total. The molecule has 0 saturated heterocycles. The zero-order chi connectivity index (χ0) is 9.42. The number of fused-ring (bicyclic) bond motifs is 1. The molecule has 0 aromatic carbocycles. The van der Waals surface area contributed by atoms with Crippen LogP contribution in [0.25, 0.3) is 0 Å². The molecule has 1 aromatic heterocycles. The second-order valence-electron chi connectivity index (χ2n) is 2.90. The number of pyridine rings is 1. The standard InChI is InChI=1S/C9H10N2O2/c1-2-11-8(12)6-4-3-5-10-7(6)9(11)13/h3-5,9,13H,2H2,1H3. The van der Waals surface area contributed by atoms with Crippen molar-refractivity contribution in [2.75, 3.05) is 6.54 Å². The molecule has 0 aliphatic carbocycles. The van der Waals surface area contributed by atoms with Crippen molar-refractivity contribution in [1.82, 2.24) is 9.88 Å². The average molecular weight is 178 g/mol. The first kappa shape index (κ1) is 8.19. The van der Waals surface area contributed by atoms with E-state index in [0.29, 0.717) is 17.8 Å². The van der Waals surface area contributed by atoms with Gasteiger partial charge in [-0.3, -0.25) is 9.78 Å². The Morgan fingerprint density at radius 3 is 3.08 bits per heavy atom. The summed E-state index contributed by atoms with van der Waals surface area (Å²) in [4.78, 5) is 16.9. The van der Waals surface area contributed by atoms with E-state index in [1.807, 2.05) is 6.92 Å². The molecule has 0 bridgehead atoms. The Balaban J connectivity index is 2.50. The average Bonchev–Trinajstić information content (AvgIpc) is 2.41. The van der Waals surface area contributed by atoms with Crippen LogP contribution in [0.2, 0.25) is 0 Å². The van der Waals surface area contributed by atoms with Gasteiger partial charge in [-0.25, -0.2) is 0 Å². The second kappa shape index (κ2) is 2.81. The number of hydrogen-bond acceptors (Lipinski definition) is 3. The SMILES string of the molecule is CCN1C(=O)c2cccnc2C1O. The summed E-state index contributed by atoms with van der Waals surface area (Å²) in [6.45, 7) is 2.32. The minimum Gasteiger partial charge on any atom is -0.368 e. The van der Waals surface area contributed by atoms with Crippen molar-refractivity contribution in [3.63, 3.8) is 0 Å². The number of hydrogen-bond donors (Lipinski definition) is 1. The number of nitrogens with zero attached hydrogens (tertiary/aromatic N) is 2. The summed E-state index contributed by atoms with van der Waals surface area (Å²) in [7, 11) is 0. The maximum absolute atomic E-state index is 11.6. The predicted octanol–water partition coefficient (Wildman–Crippen LogP) is 0.548. The molecule has 1 aromatic rings. The van der Waals surface area contributed by atoms with Crippen LogP contribution in [0.4, 0.5) is 0 Å². The van der Waals surface area contributed by atoms with Crippen LogP contribution < -0.4 is 0 Å². The van der Waals surface area contributed by atoms with Gasteiger partial charge in [-0.2, -0.15) is 0 Å². The molecule has 1 aliphatic heterocycles. The van der Waals surface area contributed by atoms with Gasteiger partial charge >= 0.3 is 0 Å². The molecule has 1 amide bonds. The minimum absolute atomic E-state index is 0.141. The summed E-state index contributed by atoms with van der Waals surface area (Å²) in [5.74, 6) is -0.141. The van der Waals surface area contributed by atoms with Crippen LogP contribution in [0.5, 0.6) is 0 Å². The Kier molecular flexibility index (Phi) is 1.77. The van der Waals surface area contributed by atoms with E-state index in [1.54, 1.807) is 18.3 Å². The van der Waals surface area contributed by atoms with E-state index in [1.165, 1.54) is 4.90 Å². The van der Waals surface area contributed by atoms with Crippen LogP contribution in [-0.4, -0.2) is 27.4 Å². The lowest BCUT2D eigenvalue weighted by Gasteiger charge is -2.17. The summed E-state index contributed by atoms with van der Waals surface area (Å²) >= 11 is 0. The molecule has 2 rings (SSSR count). The fourth-order valence-electron chi connectivity index (χ4n) is 1.53. The molecule has 2 heterocycles. The van der Waals surface area contributed by atoms with Crippen LogP contribution in [0.3, 0.4) is 0 Å². The normalized spacial score (nSPS) is 20.6. The van der Waals surface area contributed by atoms with Gasteiger partial charge in [-0.05, 0) is 19.1 Å². The molecule has 0 fully saturated rings. The lowest BCUT2D eigenvalue weighted by Crippen LogP contribution is -2.27. The lowest BCUT2D eigenvalue weighted by atomic mass is 10.2. The molecule has 0 saturated carbocycles. The summed E-state index contributed by atoms with van der Waals surface area (Å²) in [6, 6.07) is 3.38. The van der Waals surface area contributed by atoms with Crippen molar-refractivity contribution in [2.24, 2.45) is 0 Å². The topological polar surface area (TPSA) is 53.4 Å². The smallest absolute Gasteiger partial charge is 0.258 e. The van der Waals surface area contributed by atoms with Crippen molar-refractivity contribution in [2.45, 2.75) is 13.2 Å². The van der Waals surface area contributed by atoms with Crippen molar-refractivity contribution in [1.29, 1.82) is 0 Å². The first-order valence-corrected chi connectivity index (χ1v) is 4.19. The van der Waals surface area contributed by atoms with E-state index in [-0.39, 0.29) is 5.91 Å². The summed E-state index contributed by atoms with van der Waals surface area (Å²) in [5, 5.41) is 9.65. The van der Waals surface area contributed by atoms with Gasteiger partial charge in [0.05, 0.1) is 5.56 Å². The highest BCUT2D eigenvalue weighted by Crippen LogP contribution is 2.28. The minimum atomic E-state index is -0.867. The highest BCUT2D eigenvalue weighted by Gasteiger charge is 2.35. The van der Waals surface area contributed by atoms with Gasteiger partial charge in [-0.15, -0.1) is 0 Å². The summed E-state index contributed by atoms with van der Waals surface area (Å²) in [5.41, 5.74) is 0.978. The van der Waals surface area contributed by atoms with E-state index in [4.69, 9.17) is 0 Å². The molecule has 1 atom stereocenters. The number of carbonyl (C=O) groups is 1. The van der Waals surface area contributed by atoms with E-state index in [9.17, 15) is 9.90 Å². The third-order valence-electron chi connectivity index (χ3n) is 2.21. The fourth-order valence-corrected chi connectivity index (χ4v) is 1.53. The van der Waals surface area contributed by atoms with E-state index in [2.05, 4.69) is 4.98 Å². The third-order valence-corrected chi connectivity index (χ3v) is 2.21. The molecule has 4 nitrogen and oxygen atoms in total. The van der Waals surface area contributed by atoms with Crippen molar-refractivity contribution >= 4 is 5.91 Å². The van der Waals surface area contributed by atoms with Gasteiger partial charge in [0.25, 0.3) is 5.91 Å². The molecular formula is C9H10N2O2. The highest BCUT2D eigenvalue weighted by atomic mass is 16.3. The molecule has 68 valence electrons.